The SMILES string of the molecule is COc1ccc(/C=C2\Oc3c(ccc(O)c3CN3CCN(Cc4ccc5c(c4)OCO5)CC3)C2=O)cc1OC. The number of ether oxygens (including phenoxy) is 5. The van der Waals surface area contributed by atoms with Crippen molar-refractivity contribution < 1.29 is 33.6 Å². The molecule has 0 unspecified atom stereocenters. The lowest BCUT2D eigenvalue weighted by Crippen LogP contribution is -2.45. The van der Waals surface area contributed by atoms with Crippen molar-refractivity contribution in [2.75, 3.05) is 47.2 Å². The van der Waals surface area contributed by atoms with E-state index in [9.17, 15) is 9.90 Å². The smallest absolute Gasteiger partial charge is 0.231 e. The summed E-state index contributed by atoms with van der Waals surface area (Å²) >= 11 is 0. The van der Waals surface area contributed by atoms with Gasteiger partial charge in [-0.05, 0) is 53.6 Å². The predicted octanol–water partition coefficient (Wildman–Crippen LogP) is 4.07. The summed E-state index contributed by atoms with van der Waals surface area (Å²) in [5.41, 5.74) is 3.01. The summed E-state index contributed by atoms with van der Waals surface area (Å²) in [6.07, 6.45) is 1.68. The van der Waals surface area contributed by atoms with E-state index in [0.29, 0.717) is 34.9 Å². The number of piperazine rings is 1. The molecular weight excluding hydrogens is 500 g/mol. The van der Waals surface area contributed by atoms with Gasteiger partial charge < -0.3 is 28.8 Å². The first-order valence-electron chi connectivity index (χ1n) is 12.9. The molecule has 3 aliphatic rings. The fourth-order valence-corrected chi connectivity index (χ4v) is 5.17. The van der Waals surface area contributed by atoms with E-state index >= 15 is 0 Å². The Labute approximate surface area is 226 Å². The number of Topliss-reactive ketones (excluding diaryl/α,β-unsaturated/α-hetero) is 1. The molecule has 0 atom stereocenters. The number of aromatic hydroxyl groups is 1. The van der Waals surface area contributed by atoms with Crippen LogP contribution in [0.2, 0.25) is 0 Å². The number of ketones is 1. The van der Waals surface area contributed by atoms with Gasteiger partial charge in [0.25, 0.3) is 0 Å². The topological polar surface area (TPSA) is 89.9 Å². The normalized spacial score (nSPS) is 17.8. The number of phenols is 1. The van der Waals surface area contributed by atoms with Crippen LogP contribution in [0.25, 0.3) is 6.08 Å². The Bertz CT molecular complexity index is 1440. The second-order valence-corrected chi connectivity index (χ2v) is 9.73. The van der Waals surface area contributed by atoms with E-state index in [1.165, 1.54) is 5.56 Å². The van der Waals surface area contributed by atoms with Crippen LogP contribution in [0.4, 0.5) is 0 Å². The first-order valence-corrected chi connectivity index (χ1v) is 12.9. The average molecular weight is 531 g/mol. The summed E-state index contributed by atoms with van der Waals surface area (Å²) in [5, 5.41) is 10.7. The first kappa shape index (κ1) is 25.1. The lowest BCUT2D eigenvalue weighted by Gasteiger charge is -2.35. The molecule has 3 aliphatic heterocycles. The summed E-state index contributed by atoms with van der Waals surface area (Å²) in [6, 6.07) is 14.7. The molecule has 6 rings (SSSR count). The molecule has 9 heteroatoms. The molecule has 0 bridgehead atoms. The number of carbonyl (C=O) groups excluding carboxylic acids is 1. The number of benzene rings is 3. The molecular formula is C30H30N2O7. The summed E-state index contributed by atoms with van der Waals surface area (Å²) in [4.78, 5) is 17.8. The van der Waals surface area contributed by atoms with Gasteiger partial charge in [0.05, 0.1) is 25.3 Å². The van der Waals surface area contributed by atoms with E-state index in [-0.39, 0.29) is 24.1 Å². The monoisotopic (exact) mass is 530 g/mol. The number of nitrogens with zero attached hydrogens (tertiary/aromatic N) is 2. The van der Waals surface area contributed by atoms with Crippen LogP contribution in [-0.2, 0) is 13.1 Å². The van der Waals surface area contributed by atoms with Crippen LogP contribution < -0.4 is 23.7 Å². The van der Waals surface area contributed by atoms with Crippen molar-refractivity contribution >= 4 is 11.9 Å². The van der Waals surface area contributed by atoms with Gasteiger partial charge in [0.1, 0.15) is 11.5 Å². The van der Waals surface area contributed by atoms with Crippen molar-refractivity contribution in [3.05, 3.63) is 76.5 Å². The molecule has 0 aliphatic carbocycles. The van der Waals surface area contributed by atoms with E-state index < -0.39 is 0 Å². The van der Waals surface area contributed by atoms with Crippen LogP contribution >= 0.6 is 0 Å². The maximum absolute atomic E-state index is 13.2. The third-order valence-corrected chi connectivity index (χ3v) is 7.31. The van der Waals surface area contributed by atoms with E-state index in [2.05, 4.69) is 15.9 Å². The third-order valence-electron chi connectivity index (χ3n) is 7.31. The average Bonchev–Trinajstić information content (AvgIpc) is 3.55. The number of hydrogen-bond acceptors (Lipinski definition) is 9. The lowest BCUT2D eigenvalue weighted by atomic mass is 10.0. The van der Waals surface area contributed by atoms with Crippen molar-refractivity contribution in [3.8, 4) is 34.5 Å². The second kappa shape index (κ2) is 10.5. The molecule has 1 fully saturated rings. The largest absolute Gasteiger partial charge is 0.507 e. The third kappa shape index (κ3) is 4.98. The molecule has 0 aromatic heterocycles. The highest BCUT2D eigenvalue weighted by molar-refractivity contribution is 6.15. The maximum Gasteiger partial charge on any atom is 0.231 e. The zero-order valence-electron chi connectivity index (χ0n) is 21.9. The summed E-state index contributed by atoms with van der Waals surface area (Å²) in [5.74, 6) is 3.30. The molecule has 202 valence electrons. The van der Waals surface area contributed by atoms with Gasteiger partial charge in [-0.2, -0.15) is 0 Å². The van der Waals surface area contributed by atoms with Crippen molar-refractivity contribution in [2.45, 2.75) is 13.1 Å². The predicted molar refractivity (Wildman–Crippen MR) is 144 cm³/mol. The second-order valence-electron chi connectivity index (χ2n) is 9.73. The molecule has 1 N–H and O–H groups in total. The molecule has 1 saturated heterocycles. The van der Waals surface area contributed by atoms with Crippen LogP contribution in [0.5, 0.6) is 34.5 Å². The minimum Gasteiger partial charge on any atom is -0.507 e. The minimum atomic E-state index is -0.213. The van der Waals surface area contributed by atoms with Crippen molar-refractivity contribution in [1.82, 2.24) is 9.80 Å². The van der Waals surface area contributed by atoms with Gasteiger partial charge in [-0.1, -0.05) is 12.1 Å². The lowest BCUT2D eigenvalue weighted by molar-refractivity contribution is 0.101. The molecule has 3 aromatic rings. The molecule has 9 nitrogen and oxygen atoms in total. The molecule has 0 spiro atoms. The van der Waals surface area contributed by atoms with Crippen LogP contribution in [-0.4, -0.2) is 67.9 Å². The van der Waals surface area contributed by atoms with Crippen LogP contribution in [0, 0.1) is 0 Å². The highest BCUT2D eigenvalue weighted by Crippen LogP contribution is 2.41. The minimum absolute atomic E-state index is 0.122. The molecule has 3 aromatic carbocycles. The Morgan fingerprint density at radius 2 is 1.62 bits per heavy atom. The van der Waals surface area contributed by atoms with Crippen molar-refractivity contribution in [1.29, 1.82) is 0 Å². The summed E-state index contributed by atoms with van der Waals surface area (Å²) < 4.78 is 27.6. The number of carbonyl (C=O) groups is 1. The van der Waals surface area contributed by atoms with Crippen molar-refractivity contribution in [2.24, 2.45) is 0 Å². The number of rotatable bonds is 7. The number of hydrogen-bond donors (Lipinski definition) is 1. The fourth-order valence-electron chi connectivity index (χ4n) is 5.17. The Morgan fingerprint density at radius 3 is 2.38 bits per heavy atom. The van der Waals surface area contributed by atoms with Gasteiger partial charge in [-0.3, -0.25) is 14.6 Å². The molecule has 0 radical (unpaired) electrons. The van der Waals surface area contributed by atoms with Gasteiger partial charge >= 0.3 is 0 Å². The van der Waals surface area contributed by atoms with E-state index in [1.807, 2.05) is 18.2 Å². The molecule has 0 saturated carbocycles. The molecule has 3 heterocycles. The fraction of sp³-hybridized carbons (Fsp3) is 0.300. The van der Waals surface area contributed by atoms with Gasteiger partial charge in [-0.25, -0.2) is 0 Å². The van der Waals surface area contributed by atoms with Gasteiger partial charge in [0, 0.05) is 39.3 Å². The van der Waals surface area contributed by atoms with E-state index in [1.54, 1.807) is 44.6 Å². The quantitative estimate of drug-likeness (QED) is 0.454. The number of allylic oxidation sites excluding steroid dienone is 1. The van der Waals surface area contributed by atoms with Gasteiger partial charge in [0.15, 0.2) is 28.8 Å². The highest BCUT2D eigenvalue weighted by Gasteiger charge is 2.32. The van der Waals surface area contributed by atoms with Crippen LogP contribution in [0.1, 0.15) is 27.0 Å². The number of phenolic OH excluding ortho intramolecular Hbond substituents is 1. The Morgan fingerprint density at radius 1 is 0.872 bits per heavy atom. The zero-order chi connectivity index (χ0) is 26.9. The number of methoxy groups -OCH3 is 2. The zero-order valence-corrected chi connectivity index (χ0v) is 21.9. The van der Waals surface area contributed by atoms with E-state index in [4.69, 9.17) is 23.7 Å². The van der Waals surface area contributed by atoms with Crippen LogP contribution in [0.3, 0.4) is 0 Å². The van der Waals surface area contributed by atoms with Crippen LogP contribution in [0.15, 0.2) is 54.3 Å². The maximum atomic E-state index is 13.2. The Hall–Kier alpha value is -4.21. The van der Waals surface area contributed by atoms with Crippen molar-refractivity contribution in [3.63, 3.8) is 0 Å². The van der Waals surface area contributed by atoms with E-state index in [0.717, 1.165) is 49.8 Å². The molecule has 39 heavy (non-hydrogen) atoms. The van der Waals surface area contributed by atoms with Gasteiger partial charge in [0.2, 0.25) is 12.6 Å². The summed E-state index contributed by atoms with van der Waals surface area (Å²) in [7, 11) is 3.14. The van der Waals surface area contributed by atoms with Gasteiger partial charge in [-0.15, -0.1) is 0 Å². The Balaban J connectivity index is 1.13. The molecule has 0 amide bonds. The Kier molecular flexibility index (Phi) is 6.76. The first-order chi connectivity index (χ1) is 19.0. The highest BCUT2D eigenvalue weighted by atomic mass is 16.7. The number of fused-ring (bicyclic) bond motifs is 2. The summed E-state index contributed by atoms with van der Waals surface area (Å²) in [6.45, 7) is 5.02. The standard InChI is InChI=1S/C30H30N2O7/c1-35-24-7-3-19(13-26(24)36-2)14-28-29(34)21-5-6-23(33)22(30(21)39-28)17-32-11-9-31(10-12-32)16-20-4-8-25-27(15-20)38-18-37-25/h3-8,13-15,33H,9-12,16-18H2,1-2H3/b28-14-.